The zero-order valence-electron chi connectivity index (χ0n) is 52.8. The van der Waals surface area contributed by atoms with E-state index in [4.69, 9.17) is 23.7 Å². The van der Waals surface area contributed by atoms with Crippen molar-refractivity contribution in [1.29, 1.82) is 5.26 Å². The van der Waals surface area contributed by atoms with E-state index in [1.165, 1.54) is 0 Å². The number of hydrogen-bond donors (Lipinski definition) is 9. The number of nitriles is 1. The lowest BCUT2D eigenvalue weighted by Crippen LogP contribution is -2.71. The Hall–Kier alpha value is -5.80. The van der Waals surface area contributed by atoms with Crippen molar-refractivity contribution < 1.29 is 69.3 Å². The highest BCUT2D eigenvalue weighted by Gasteiger charge is 2.71. The zero-order chi connectivity index (χ0) is 63.8. The van der Waals surface area contributed by atoms with Gasteiger partial charge in [-0.2, -0.15) is 5.26 Å². The molecule has 0 amide bonds. The summed E-state index contributed by atoms with van der Waals surface area (Å²) in [6.45, 7) is 5.70. The maximum absolute atomic E-state index is 14.1. The highest BCUT2D eigenvalue weighted by Crippen LogP contribution is 2.74. The largest absolute Gasteiger partial charge is 0.482 e. The third-order valence-corrected chi connectivity index (χ3v) is 23.5. The van der Waals surface area contributed by atoms with Gasteiger partial charge in [-0.05, 0) is 178 Å². The first kappa shape index (κ1) is 65.3. The van der Waals surface area contributed by atoms with Crippen molar-refractivity contribution in [2.24, 2.45) is 52.3 Å². The Morgan fingerprint density at radius 2 is 1.80 bits per heavy atom. The third kappa shape index (κ3) is 12.4. The van der Waals surface area contributed by atoms with Crippen molar-refractivity contribution in [2.45, 2.75) is 207 Å². The number of benzene rings is 2. The molecule has 5 aliphatic carbocycles. The first-order valence-corrected chi connectivity index (χ1v) is 33.8. The van der Waals surface area contributed by atoms with Crippen LogP contribution in [0.5, 0.6) is 5.75 Å². The molecule has 13 rings (SSSR count). The van der Waals surface area contributed by atoms with Crippen LogP contribution in [0.3, 0.4) is 0 Å². The summed E-state index contributed by atoms with van der Waals surface area (Å²) in [5, 5.41) is 109. The molecule has 3 aromatic rings. The minimum atomic E-state index is -1.97. The van der Waals surface area contributed by atoms with Crippen LogP contribution in [-0.2, 0) is 31.8 Å². The molecule has 17 heteroatoms. The fraction of sp³-hybridized carbons (Fsp3) is 0.622. The van der Waals surface area contributed by atoms with Crippen LogP contribution in [0.25, 0.3) is 0 Å². The van der Waals surface area contributed by atoms with Gasteiger partial charge in [0.25, 0.3) is 0 Å². The number of rotatable bonds is 21. The van der Waals surface area contributed by atoms with Crippen LogP contribution < -0.4 is 10.1 Å². The normalized spacial score (nSPS) is 37.6. The Balaban J connectivity index is 0.987. The van der Waals surface area contributed by atoms with Gasteiger partial charge < -0.3 is 74.4 Å². The van der Waals surface area contributed by atoms with E-state index in [1.807, 2.05) is 41.0 Å². The highest BCUT2D eigenvalue weighted by atomic mass is 16.7. The number of hydrogen-bond acceptors (Lipinski definition) is 15. The van der Waals surface area contributed by atoms with E-state index in [9.17, 15) is 50.9 Å². The van der Waals surface area contributed by atoms with Crippen molar-refractivity contribution in [1.82, 2.24) is 9.88 Å². The maximum Gasteiger partial charge on any atom is 0.335 e. The molecule has 21 unspecified atom stereocenters. The molecule has 9 N–H and O–H groups in total. The molecule has 17 nitrogen and oxygen atoms in total. The summed E-state index contributed by atoms with van der Waals surface area (Å²) in [7, 11) is 1.61. The summed E-state index contributed by atoms with van der Waals surface area (Å²) in [6.07, 6.45) is 22.2. The second-order valence-corrected chi connectivity index (χ2v) is 28.5. The fourth-order valence-electron chi connectivity index (χ4n) is 19.4. The van der Waals surface area contributed by atoms with E-state index in [1.54, 1.807) is 44.6 Å². The van der Waals surface area contributed by atoms with Crippen molar-refractivity contribution in [2.75, 3.05) is 26.9 Å². The lowest BCUT2D eigenvalue weighted by molar-refractivity contribution is -0.337. The van der Waals surface area contributed by atoms with Gasteiger partial charge in [-0.15, -0.1) is 6.58 Å². The third-order valence-electron chi connectivity index (χ3n) is 23.5. The summed E-state index contributed by atoms with van der Waals surface area (Å²) in [4.78, 5) is 12.1. The number of carboxylic acids is 1. The lowest BCUT2D eigenvalue weighted by Gasteiger charge is -2.54. The van der Waals surface area contributed by atoms with E-state index in [-0.39, 0.29) is 105 Å². The highest BCUT2D eigenvalue weighted by molar-refractivity contribution is 5.87. The molecule has 21 atom stereocenters. The molecule has 4 saturated carbocycles. The molecule has 2 aromatic carbocycles. The number of aromatic nitrogens is 1. The topological polar surface area (TPSA) is 266 Å². The van der Waals surface area contributed by atoms with Crippen LogP contribution in [0.15, 0.2) is 110 Å². The second-order valence-electron chi connectivity index (χ2n) is 28.5. The standard InChI is InChI=1S/C74H95N3O14/c1-4-10-47-20-22-54(36-51(47)35-52(43-87-3)62(42-79)77-32-29-46(40-75)41-77)89-70-74-39-59(63(81)14-9-34-88-64(15-8-33-78)67(90-70)66(82)68(74)83)71(37-55(91-74)23-26-61-57(48-11-5-6-12-48)25-27-60(76-61)45(2)80)31-28-65-72(86,44-71)38-58-56(24-21-53-13-7-30-73(53,58)65)49-16-18-50(19-17-49)69(84)85/h4,16-20,22,25,27-29,31-32,36-37,41,45,48,52-53,56-68,70,76,78-83,86H,1,5-8,10-15,21,23-24,26,30,33,35,38-39,42-44H2,2-3H3,(H,84,85). The number of fused-ring (bicyclic) bond motifs is 7. The molecule has 10 aliphatic rings. The smallest absolute Gasteiger partial charge is 0.335 e. The Kier molecular flexibility index (Phi) is 19.6. The van der Waals surface area contributed by atoms with E-state index in [2.05, 4.69) is 60.4 Å². The van der Waals surface area contributed by atoms with Crippen LogP contribution in [0.2, 0.25) is 0 Å². The lowest BCUT2D eigenvalue weighted by atomic mass is 9.52. The van der Waals surface area contributed by atoms with Gasteiger partial charge in [0.1, 0.15) is 42.3 Å². The molecule has 5 aliphatic heterocycles. The SMILES string of the molecule is C=CCc1ccc(OC2OC3C(CCCO)OC#CCC(O)C4CC2(OC(CCC2NC(C(C)O)C=CC2C2CCCC2)=CC42C=CC4C(O)(CC5C(c6ccc(C(=O)O)cc6)CCC6CCCC654)C2)C(O)C3O)cc1CC(COC)C(CO)n1ccc(C#N)c1. The molecule has 91 heavy (non-hydrogen) atoms. The van der Waals surface area contributed by atoms with Crippen molar-refractivity contribution in [3.8, 4) is 23.8 Å². The van der Waals surface area contributed by atoms with Crippen molar-refractivity contribution >= 4 is 5.97 Å². The Bertz CT molecular complexity index is 3260. The van der Waals surface area contributed by atoms with Crippen LogP contribution in [0.1, 0.15) is 161 Å². The van der Waals surface area contributed by atoms with Crippen LogP contribution >= 0.6 is 0 Å². The Morgan fingerprint density at radius 1 is 0.989 bits per heavy atom. The van der Waals surface area contributed by atoms with Crippen molar-refractivity contribution in [3.05, 3.63) is 138 Å². The fourth-order valence-corrected chi connectivity index (χ4v) is 19.4. The minimum Gasteiger partial charge on any atom is -0.482 e. The van der Waals surface area contributed by atoms with E-state index < -0.39 is 77.5 Å². The number of carbonyl (C=O) groups is 1. The predicted molar refractivity (Wildman–Crippen MR) is 340 cm³/mol. The molecular formula is C74H95N3O14. The first-order chi connectivity index (χ1) is 44.0. The molecule has 6 heterocycles. The number of aliphatic hydroxyl groups excluding tert-OH is 6. The van der Waals surface area contributed by atoms with Gasteiger partial charge in [0.2, 0.25) is 6.29 Å². The van der Waals surface area contributed by atoms with Gasteiger partial charge in [0, 0.05) is 74.6 Å². The summed E-state index contributed by atoms with van der Waals surface area (Å²) in [6, 6.07) is 16.1. The number of carboxylic acid groups (broad SMARTS) is 1. The minimum absolute atomic E-state index is 0.0542. The summed E-state index contributed by atoms with van der Waals surface area (Å²) in [5.74, 6) is 2.69. The monoisotopic (exact) mass is 1250 g/mol. The quantitative estimate of drug-likeness (QED) is 0.0356. The molecule has 1 aromatic heterocycles. The van der Waals surface area contributed by atoms with Crippen LogP contribution in [0.4, 0.5) is 0 Å². The average Bonchev–Trinajstić information content (AvgIpc) is 1.52. The van der Waals surface area contributed by atoms with Gasteiger partial charge in [0.05, 0.1) is 60.0 Å². The first-order valence-electron chi connectivity index (χ1n) is 33.8. The van der Waals surface area contributed by atoms with Gasteiger partial charge in [-0.1, -0.05) is 73.8 Å². The second kappa shape index (κ2) is 27.3. The van der Waals surface area contributed by atoms with Crippen molar-refractivity contribution in [3.63, 3.8) is 0 Å². The number of aromatic carboxylic acids is 1. The number of methoxy groups -OCH3 is 1. The van der Waals surface area contributed by atoms with E-state index in [0.29, 0.717) is 61.0 Å². The molecular weight excluding hydrogens is 1150 g/mol. The number of aliphatic hydroxyl groups is 7. The molecule has 3 spiro atoms. The Labute approximate surface area is 535 Å². The molecule has 1 saturated heterocycles. The molecule has 0 radical (unpaired) electrons. The number of nitrogens with zero attached hydrogens (tertiary/aromatic N) is 2. The van der Waals surface area contributed by atoms with E-state index >= 15 is 0 Å². The molecule has 3 bridgehead atoms. The number of allylic oxidation sites excluding steroid dienone is 4. The molecule has 490 valence electrons. The maximum atomic E-state index is 14.1. The van der Waals surface area contributed by atoms with E-state index in [0.717, 1.165) is 74.5 Å². The number of nitrogens with one attached hydrogen (secondary N) is 1. The van der Waals surface area contributed by atoms with Gasteiger partial charge in [0.15, 0.2) is 5.60 Å². The molecule has 5 fully saturated rings. The summed E-state index contributed by atoms with van der Waals surface area (Å²) in [5.41, 5.74) is -1.08. The van der Waals surface area contributed by atoms with Gasteiger partial charge in [-0.3, -0.25) is 0 Å². The summed E-state index contributed by atoms with van der Waals surface area (Å²) >= 11 is 0. The predicted octanol–water partition coefficient (Wildman–Crippen LogP) is 8.73. The van der Waals surface area contributed by atoms with Crippen LogP contribution in [0, 0.1) is 75.6 Å². The number of ether oxygens (including phenoxy) is 5. The van der Waals surface area contributed by atoms with Gasteiger partial charge in [-0.25, -0.2) is 4.79 Å². The zero-order valence-corrected chi connectivity index (χ0v) is 52.8. The van der Waals surface area contributed by atoms with Crippen LogP contribution in [-0.4, -0.2) is 145 Å². The summed E-state index contributed by atoms with van der Waals surface area (Å²) < 4.78 is 36.1. The average molecular weight is 1250 g/mol. The Morgan fingerprint density at radius 3 is 2.53 bits per heavy atom. The van der Waals surface area contributed by atoms with Gasteiger partial charge >= 0.3 is 5.97 Å².